The Morgan fingerprint density at radius 3 is 2.80 bits per heavy atom. The van der Waals surface area contributed by atoms with Gasteiger partial charge < -0.3 is 10.4 Å². The van der Waals surface area contributed by atoms with Crippen molar-refractivity contribution in [1.29, 1.82) is 0 Å². The molecule has 0 spiro atoms. The van der Waals surface area contributed by atoms with Gasteiger partial charge in [-0.1, -0.05) is 17.7 Å². The van der Waals surface area contributed by atoms with Gasteiger partial charge in [0.05, 0.1) is 17.7 Å². The first kappa shape index (κ1) is 11.4. The molecule has 1 unspecified atom stereocenters. The van der Waals surface area contributed by atoms with Gasteiger partial charge in [-0.15, -0.1) is 0 Å². The monoisotopic (exact) mass is 289 g/mol. The first-order chi connectivity index (χ1) is 7.20. The van der Waals surface area contributed by atoms with Crippen molar-refractivity contribution in [2.75, 3.05) is 6.61 Å². The van der Waals surface area contributed by atoms with E-state index in [0.29, 0.717) is 11.1 Å². The zero-order valence-electron chi connectivity index (χ0n) is 8.21. The lowest BCUT2D eigenvalue weighted by molar-refractivity contribution is 0.243. The molecule has 1 aliphatic rings. The summed E-state index contributed by atoms with van der Waals surface area (Å²) in [7, 11) is 0. The van der Waals surface area contributed by atoms with Crippen LogP contribution in [0, 0.1) is 0 Å². The number of halogens is 2. The molecule has 15 heavy (non-hydrogen) atoms. The third-order valence-electron chi connectivity index (χ3n) is 2.54. The van der Waals surface area contributed by atoms with E-state index in [9.17, 15) is 5.11 Å². The Labute approximate surface area is 103 Å². The second-order valence-corrected chi connectivity index (χ2v) is 5.11. The summed E-state index contributed by atoms with van der Waals surface area (Å²) < 4.78 is 0.885. The average Bonchev–Trinajstić information content (AvgIpc) is 3.02. The average molecular weight is 291 g/mol. The topological polar surface area (TPSA) is 32.3 Å². The highest BCUT2D eigenvalue weighted by Crippen LogP contribution is 2.28. The minimum absolute atomic E-state index is 0.00287. The van der Waals surface area contributed by atoms with E-state index >= 15 is 0 Å². The highest BCUT2D eigenvalue weighted by Gasteiger charge is 2.25. The number of nitrogens with one attached hydrogen (secondary N) is 1. The maximum Gasteiger partial charge on any atom is 0.0626 e. The van der Waals surface area contributed by atoms with Crippen molar-refractivity contribution in [1.82, 2.24) is 5.32 Å². The van der Waals surface area contributed by atoms with Crippen LogP contribution in [0.2, 0.25) is 5.02 Å². The lowest BCUT2D eigenvalue weighted by Crippen LogP contribution is -2.26. The molecule has 0 heterocycles. The van der Waals surface area contributed by atoms with Gasteiger partial charge in [-0.2, -0.15) is 0 Å². The quantitative estimate of drug-likeness (QED) is 0.894. The van der Waals surface area contributed by atoms with Crippen molar-refractivity contribution in [3.8, 4) is 0 Å². The van der Waals surface area contributed by atoms with Crippen LogP contribution in [0.25, 0.3) is 0 Å². The van der Waals surface area contributed by atoms with E-state index < -0.39 is 0 Å². The Morgan fingerprint density at radius 2 is 2.27 bits per heavy atom. The molecular weight excluding hydrogens is 277 g/mol. The zero-order chi connectivity index (χ0) is 10.8. The van der Waals surface area contributed by atoms with Gasteiger partial charge in [-0.3, -0.25) is 0 Å². The van der Waals surface area contributed by atoms with E-state index in [0.717, 1.165) is 10.0 Å². The molecule has 0 saturated heterocycles. The molecule has 0 aromatic heterocycles. The van der Waals surface area contributed by atoms with Crippen LogP contribution in [0.3, 0.4) is 0 Å². The third kappa shape index (κ3) is 2.94. The number of hydrogen-bond donors (Lipinski definition) is 2. The predicted octanol–water partition coefficient (Wildman–Crippen LogP) is 2.89. The summed E-state index contributed by atoms with van der Waals surface area (Å²) in [5.74, 6) is 0. The summed E-state index contributed by atoms with van der Waals surface area (Å²) in [6.07, 6.45) is 2.42. The van der Waals surface area contributed by atoms with Gasteiger partial charge in [-0.05, 0) is 46.5 Å². The summed E-state index contributed by atoms with van der Waals surface area (Å²) in [6.45, 7) is 0.106. The van der Waals surface area contributed by atoms with Crippen molar-refractivity contribution in [3.63, 3.8) is 0 Å². The maximum absolute atomic E-state index is 9.30. The normalized spacial score (nSPS) is 17.8. The molecule has 1 aromatic carbocycles. The fraction of sp³-hybridized carbons (Fsp3) is 0.455. The van der Waals surface area contributed by atoms with Gasteiger partial charge >= 0.3 is 0 Å². The zero-order valence-corrected chi connectivity index (χ0v) is 10.6. The summed E-state index contributed by atoms with van der Waals surface area (Å²) in [5.41, 5.74) is 1.04. The molecule has 4 heteroatoms. The van der Waals surface area contributed by atoms with Crippen LogP contribution >= 0.6 is 27.5 Å². The number of aliphatic hydroxyl groups is 1. The molecule has 2 rings (SSSR count). The van der Waals surface area contributed by atoms with Crippen LogP contribution < -0.4 is 5.32 Å². The molecule has 1 saturated carbocycles. The summed E-state index contributed by atoms with van der Waals surface area (Å²) >= 11 is 9.36. The Hall–Kier alpha value is -0.0900. The van der Waals surface area contributed by atoms with E-state index in [4.69, 9.17) is 11.6 Å². The van der Waals surface area contributed by atoms with E-state index in [-0.39, 0.29) is 12.6 Å². The fourth-order valence-electron chi connectivity index (χ4n) is 1.52. The van der Waals surface area contributed by atoms with Crippen LogP contribution in [0.5, 0.6) is 0 Å². The number of rotatable bonds is 4. The smallest absolute Gasteiger partial charge is 0.0626 e. The molecule has 1 aromatic rings. The Balaban J connectivity index is 2.13. The van der Waals surface area contributed by atoms with E-state index in [2.05, 4.69) is 21.2 Å². The molecular formula is C11H13BrClNO. The molecule has 0 bridgehead atoms. The maximum atomic E-state index is 9.30. The molecule has 2 nitrogen and oxygen atoms in total. The van der Waals surface area contributed by atoms with Gasteiger partial charge in [-0.25, -0.2) is 0 Å². The first-order valence-corrected chi connectivity index (χ1v) is 6.19. The number of benzene rings is 1. The second-order valence-electron chi connectivity index (χ2n) is 3.85. The Bertz CT molecular complexity index is 354. The van der Waals surface area contributed by atoms with E-state index in [1.165, 1.54) is 12.8 Å². The standard InChI is InChI=1S/C11H13BrClNO/c12-9-4-1-7(5-10(9)13)11(6-15)14-8-2-3-8/h1,4-5,8,11,14-15H,2-3,6H2. The molecule has 1 atom stereocenters. The third-order valence-corrected chi connectivity index (χ3v) is 3.78. The second kappa shape index (κ2) is 4.83. The molecule has 1 fully saturated rings. The summed E-state index contributed by atoms with van der Waals surface area (Å²) in [6, 6.07) is 6.36. The largest absolute Gasteiger partial charge is 0.394 e. The van der Waals surface area contributed by atoms with Crippen LogP contribution in [-0.2, 0) is 0 Å². The minimum Gasteiger partial charge on any atom is -0.394 e. The van der Waals surface area contributed by atoms with Crippen molar-refractivity contribution >= 4 is 27.5 Å². The molecule has 2 N–H and O–H groups in total. The summed E-state index contributed by atoms with van der Waals surface area (Å²) in [4.78, 5) is 0. The van der Waals surface area contributed by atoms with Crippen molar-refractivity contribution in [2.24, 2.45) is 0 Å². The van der Waals surface area contributed by atoms with Crippen molar-refractivity contribution in [2.45, 2.75) is 24.9 Å². The highest BCUT2D eigenvalue weighted by molar-refractivity contribution is 9.10. The predicted molar refractivity (Wildman–Crippen MR) is 65.1 cm³/mol. The molecule has 1 aliphatic carbocycles. The van der Waals surface area contributed by atoms with Crippen molar-refractivity contribution in [3.05, 3.63) is 33.3 Å². The minimum atomic E-state index is 0.00287. The van der Waals surface area contributed by atoms with Gasteiger partial charge in [0.25, 0.3) is 0 Å². The van der Waals surface area contributed by atoms with Crippen LogP contribution in [0.4, 0.5) is 0 Å². The van der Waals surface area contributed by atoms with Gasteiger partial charge in [0, 0.05) is 10.5 Å². The lowest BCUT2D eigenvalue weighted by Gasteiger charge is -2.16. The van der Waals surface area contributed by atoms with Gasteiger partial charge in [0.1, 0.15) is 0 Å². The highest BCUT2D eigenvalue weighted by atomic mass is 79.9. The molecule has 82 valence electrons. The molecule has 0 radical (unpaired) electrons. The molecule has 0 amide bonds. The van der Waals surface area contributed by atoms with E-state index in [1.54, 1.807) is 0 Å². The summed E-state index contributed by atoms with van der Waals surface area (Å²) in [5, 5.41) is 13.4. The van der Waals surface area contributed by atoms with E-state index in [1.807, 2.05) is 18.2 Å². The molecule has 0 aliphatic heterocycles. The van der Waals surface area contributed by atoms with Gasteiger partial charge in [0.2, 0.25) is 0 Å². The number of hydrogen-bond acceptors (Lipinski definition) is 2. The van der Waals surface area contributed by atoms with Crippen LogP contribution in [-0.4, -0.2) is 17.8 Å². The first-order valence-electron chi connectivity index (χ1n) is 5.02. The lowest BCUT2D eigenvalue weighted by atomic mass is 10.1. The Morgan fingerprint density at radius 1 is 1.53 bits per heavy atom. The van der Waals surface area contributed by atoms with Crippen molar-refractivity contribution < 1.29 is 5.11 Å². The van der Waals surface area contributed by atoms with Crippen LogP contribution in [0.1, 0.15) is 24.4 Å². The SMILES string of the molecule is OCC(NC1CC1)c1ccc(Br)c(Cl)c1. The Kier molecular flexibility index (Phi) is 3.67. The van der Waals surface area contributed by atoms with Crippen LogP contribution in [0.15, 0.2) is 22.7 Å². The fourth-order valence-corrected chi connectivity index (χ4v) is 1.95. The number of aliphatic hydroxyl groups excluding tert-OH is 1. The van der Waals surface area contributed by atoms with Gasteiger partial charge in [0.15, 0.2) is 0 Å².